The Balaban J connectivity index is 3.10. The number of nitrogen functional groups attached to an aromatic ring is 1. The zero-order chi connectivity index (χ0) is 13.7. The first-order chi connectivity index (χ1) is 8.51. The van der Waals surface area contributed by atoms with Crippen LogP contribution in [0.15, 0.2) is 12.1 Å². The second kappa shape index (κ2) is 6.44. The Morgan fingerprint density at radius 2 is 2.00 bits per heavy atom. The van der Waals surface area contributed by atoms with Gasteiger partial charge < -0.3 is 20.1 Å². The number of hydrogen-bond donors (Lipinski definition) is 1. The van der Waals surface area contributed by atoms with Gasteiger partial charge in [-0.3, -0.25) is 0 Å². The van der Waals surface area contributed by atoms with E-state index in [4.69, 9.17) is 15.2 Å². The summed E-state index contributed by atoms with van der Waals surface area (Å²) in [5.74, 6) is 0.132. The molecule has 0 radical (unpaired) electrons. The molecule has 0 saturated carbocycles. The van der Waals surface area contributed by atoms with Crippen molar-refractivity contribution >= 4 is 11.4 Å². The van der Waals surface area contributed by atoms with Crippen molar-refractivity contribution in [2.24, 2.45) is 0 Å². The minimum Gasteiger partial charge on any atom is -0.495 e. The summed E-state index contributed by atoms with van der Waals surface area (Å²) in [6.07, 6.45) is 0. The van der Waals surface area contributed by atoms with Crippen LogP contribution in [0.1, 0.15) is 13.8 Å². The van der Waals surface area contributed by atoms with Crippen molar-refractivity contribution < 1.29 is 13.9 Å². The second-order valence-electron chi connectivity index (χ2n) is 4.33. The maximum Gasteiger partial charge on any atom is 0.148 e. The first-order valence-electron chi connectivity index (χ1n) is 5.89. The van der Waals surface area contributed by atoms with E-state index >= 15 is 0 Å². The predicted molar refractivity (Wildman–Crippen MR) is 71.7 cm³/mol. The third kappa shape index (κ3) is 3.26. The smallest absolute Gasteiger partial charge is 0.148 e. The average molecular weight is 256 g/mol. The summed E-state index contributed by atoms with van der Waals surface area (Å²) in [6, 6.07) is 3.07. The van der Waals surface area contributed by atoms with Crippen LogP contribution in [0.4, 0.5) is 15.8 Å². The molecule has 0 atom stereocenters. The van der Waals surface area contributed by atoms with Crippen LogP contribution in [0, 0.1) is 5.82 Å². The molecule has 0 bridgehead atoms. The molecule has 0 heterocycles. The summed E-state index contributed by atoms with van der Waals surface area (Å²) in [5, 5.41) is 0. The lowest BCUT2D eigenvalue weighted by Crippen LogP contribution is -2.34. The number of ether oxygens (including phenoxy) is 2. The number of nitrogens with zero attached hydrogens (tertiary/aromatic N) is 1. The minimum atomic E-state index is -0.349. The molecule has 4 nitrogen and oxygen atoms in total. The molecular weight excluding hydrogens is 235 g/mol. The van der Waals surface area contributed by atoms with Crippen molar-refractivity contribution in [3.8, 4) is 5.75 Å². The highest BCUT2D eigenvalue weighted by Gasteiger charge is 2.17. The summed E-state index contributed by atoms with van der Waals surface area (Å²) >= 11 is 0. The van der Waals surface area contributed by atoms with Gasteiger partial charge in [-0.1, -0.05) is 0 Å². The quantitative estimate of drug-likeness (QED) is 0.793. The van der Waals surface area contributed by atoms with Crippen LogP contribution < -0.4 is 15.4 Å². The van der Waals surface area contributed by atoms with Crippen LogP contribution >= 0.6 is 0 Å². The zero-order valence-electron chi connectivity index (χ0n) is 11.4. The lowest BCUT2D eigenvalue weighted by Gasteiger charge is -2.29. The fraction of sp³-hybridized carbons (Fsp3) is 0.538. The monoisotopic (exact) mass is 256 g/mol. The Bertz CT molecular complexity index is 397. The van der Waals surface area contributed by atoms with Gasteiger partial charge in [0.25, 0.3) is 0 Å². The van der Waals surface area contributed by atoms with Gasteiger partial charge in [0.2, 0.25) is 0 Å². The highest BCUT2D eigenvalue weighted by molar-refractivity contribution is 5.63. The SMILES string of the molecule is COCCN(c1cc(OC)c(N)cc1F)C(C)C. The number of halogens is 1. The van der Waals surface area contributed by atoms with E-state index in [1.807, 2.05) is 18.7 Å². The topological polar surface area (TPSA) is 47.7 Å². The van der Waals surface area contributed by atoms with Crippen molar-refractivity contribution in [3.05, 3.63) is 17.9 Å². The Labute approximate surface area is 107 Å². The van der Waals surface area contributed by atoms with Crippen molar-refractivity contribution in [2.75, 3.05) is 38.0 Å². The summed E-state index contributed by atoms with van der Waals surface area (Å²) in [7, 11) is 3.14. The standard InChI is InChI=1S/C13H21FN2O2/c1-9(2)16(5-6-17-3)12-8-13(18-4)11(15)7-10(12)14/h7-9H,5-6,15H2,1-4H3. The maximum atomic E-state index is 14.0. The van der Waals surface area contributed by atoms with Crippen molar-refractivity contribution in [1.29, 1.82) is 0 Å². The van der Waals surface area contributed by atoms with E-state index in [-0.39, 0.29) is 11.9 Å². The molecule has 5 heteroatoms. The van der Waals surface area contributed by atoms with Gasteiger partial charge in [0.05, 0.1) is 25.1 Å². The molecule has 0 aromatic heterocycles. The summed E-state index contributed by atoms with van der Waals surface area (Å²) < 4.78 is 24.2. The molecule has 0 saturated heterocycles. The second-order valence-corrected chi connectivity index (χ2v) is 4.33. The van der Waals surface area contributed by atoms with Gasteiger partial charge in [-0.15, -0.1) is 0 Å². The number of anilines is 2. The largest absolute Gasteiger partial charge is 0.495 e. The predicted octanol–water partition coefficient (Wildman–Crippen LogP) is 2.28. The van der Waals surface area contributed by atoms with E-state index in [9.17, 15) is 4.39 Å². The molecule has 1 aromatic rings. The van der Waals surface area contributed by atoms with Gasteiger partial charge in [-0.2, -0.15) is 0 Å². The normalized spacial score (nSPS) is 10.8. The number of hydrogen-bond acceptors (Lipinski definition) is 4. The van der Waals surface area contributed by atoms with E-state index in [1.165, 1.54) is 13.2 Å². The fourth-order valence-electron chi connectivity index (χ4n) is 1.80. The maximum absolute atomic E-state index is 14.0. The molecule has 102 valence electrons. The molecule has 1 rings (SSSR count). The molecule has 1 aromatic carbocycles. The first-order valence-corrected chi connectivity index (χ1v) is 5.89. The zero-order valence-corrected chi connectivity index (χ0v) is 11.4. The molecule has 0 spiro atoms. The van der Waals surface area contributed by atoms with Crippen molar-refractivity contribution in [3.63, 3.8) is 0 Å². The lowest BCUT2D eigenvalue weighted by molar-refractivity contribution is 0.203. The van der Waals surface area contributed by atoms with Crippen LogP contribution in [0.5, 0.6) is 5.75 Å². The van der Waals surface area contributed by atoms with Crippen LogP contribution in [-0.2, 0) is 4.74 Å². The minimum absolute atomic E-state index is 0.156. The first kappa shape index (κ1) is 14.6. The molecule has 0 aliphatic heterocycles. The summed E-state index contributed by atoms with van der Waals surface area (Å²) in [6.45, 7) is 5.14. The van der Waals surface area contributed by atoms with Crippen molar-refractivity contribution in [2.45, 2.75) is 19.9 Å². The van der Waals surface area contributed by atoms with Crippen molar-refractivity contribution in [1.82, 2.24) is 0 Å². The molecule has 0 unspecified atom stereocenters. The molecule has 0 aliphatic rings. The van der Waals surface area contributed by atoms with Gasteiger partial charge in [-0.05, 0) is 13.8 Å². The fourth-order valence-corrected chi connectivity index (χ4v) is 1.80. The van der Waals surface area contributed by atoms with Gasteiger partial charge in [0.15, 0.2) is 0 Å². The van der Waals surface area contributed by atoms with E-state index in [2.05, 4.69) is 0 Å². The Morgan fingerprint density at radius 1 is 1.33 bits per heavy atom. The van der Waals surface area contributed by atoms with E-state index in [1.54, 1.807) is 13.2 Å². The summed E-state index contributed by atoms with van der Waals surface area (Å²) in [4.78, 5) is 1.92. The highest BCUT2D eigenvalue weighted by atomic mass is 19.1. The van der Waals surface area contributed by atoms with Gasteiger partial charge in [0, 0.05) is 31.8 Å². The van der Waals surface area contributed by atoms with E-state index in [0.29, 0.717) is 30.3 Å². The third-order valence-electron chi connectivity index (χ3n) is 2.77. The van der Waals surface area contributed by atoms with E-state index in [0.717, 1.165) is 0 Å². The van der Waals surface area contributed by atoms with Crippen LogP contribution in [-0.4, -0.2) is 33.4 Å². The molecule has 18 heavy (non-hydrogen) atoms. The molecule has 0 fully saturated rings. The van der Waals surface area contributed by atoms with Gasteiger partial charge >= 0.3 is 0 Å². The molecular formula is C13H21FN2O2. The van der Waals surface area contributed by atoms with E-state index < -0.39 is 0 Å². The number of rotatable bonds is 6. The van der Waals surface area contributed by atoms with Gasteiger partial charge in [-0.25, -0.2) is 4.39 Å². The Kier molecular flexibility index (Phi) is 5.22. The third-order valence-corrected chi connectivity index (χ3v) is 2.77. The van der Waals surface area contributed by atoms with Crippen LogP contribution in [0.3, 0.4) is 0 Å². The molecule has 2 N–H and O–H groups in total. The van der Waals surface area contributed by atoms with Crippen LogP contribution in [0.2, 0.25) is 0 Å². The molecule has 0 amide bonds. The highest BCUT2D eigenvalue weighted by Crippen LogP contribution is 2.31. The lowest BCUT2D eigenvalue weighted by atomic mass is 10.2. The van der Waals surface area contributed by atoms with Gasteiger partial charge in [0.1, 0.15) is 11.6 Å². The number of nitrogens with two attached hydrogens (primary N) is 1. The summed E-state index contributed by atoms with van der Waals surface area (Å²) in [5.41, 5.74) is 6.45. The number of methoxy groups -OCH3 is 2. The molecule has 0 aliphatic carbocycles. The number of benzene rings is 1. The van der Waals surface area contributed by atoms with Crippen LogP contribution in [0.25, 0.3) is 0 Å². The average Bonchev–Trinajstić information content (AvgIpc) is 2.31. The Hall–Kier alpha value is -1.49. The Morgan fingerprint density at radius 3 is 2.50 bits per heavy atom.